The molecule has 0 bridgehead atoms. The van der Waals surface area contributed by atoms with Crippen molar-refractivity contribution in [3.63, 3.8) is 0 Å². The second kappa shape index (κ2) is 106. The SMILES string of the molecule is Cl.Cl.Cl.Cl.O.[AlH3].[SiH4]. The molecule has 0 aromatic rings. The van der Waals surface area contributed by atoms with E-state index in [1.54, 1.807) is 0 Å². The lowest BCUT2D eigenvalue weighted by atomic mass is 16.0. The smallest absolute Gasteiger partial charge is 0.187 e. The topological polar surface area (TPSA) is 31.5 Å². The Morgan fingerprint density at radius 2 is 0.571 bits per heavy atom. The molecule has 1 nitrogen and oxygen atoms in total. The summed E-state index contributed by atoms with van der Waals surface area (Å²) in [6.45, 7) is 0. The van der Waals surface area contributed by atoms with Gasteiger partial charge in [0, 0.05) is 0 Å². The van der Waals surface area contributed by atoms with Crippen LogP contribution in [0, 0.1) is 0 Å². The zero-order chi connectivity index (χ0) is 0. The Kier molecular flexibility index (Phi) is 2390. The standard InChI is InChI=1S/Al.4ClH.H2O.H4Si.3H/h;4*1H;1H2;1H4;;;. The van der Waals surface area contributed by atoms with E-state index in [0.29, 0.717) is 0 Å². The zero-order valence-electron chi connectivity index (χ0n) is 2.13. The molecule has 0 saturated carbocycles. The van der Waals surface area contributed by atoms with E-state index < -0.39 is 0 Å². The highest BCUT2D eigenvalue weighted by Gasteiger charge is 0.187. The lowest BCUT2D eigenvalue weighted by Crippen LogP contribution is -0.382. The first-order valence-electron chi connectivity index (χ1n) is 0. The Morgan fingerprint density at radius 3 is 0.571 bits per heavy atom. The minimum Gasteiger partial charge on any atom is -0.412 e. The maximum absolute atomic E-state index is 0. The van der Waals surface area contributed by atoms with Gasteiger partial charge in [0.15, 0.2) is 17.4 Å². The van der Waals surface area contributed by atoms with E-state index in [0.717, 1.165) is 0 Å². The van der Waals surface area contributed by atoms with Gasteiger partial charge in [0.25, 0.3) is 0 Å². The normalized spacial score (nSPS) is 0. The highest BCUT2D eigenvalue weighted by Crippen LogP contribution is 0.693. The van der Waals surface area contributed by atoms with E-state index in [2.05, 4.69) is 0 Å². The van der Waals surface area contributed by atoms with Gasteiger partial charge in [0.2, 0.25) is 0 Å². The molecule has 0 aromatic carbocycles. The van der Waals surface area contributed by atoms with Crippen molar-refractivity contribution < 1.29 is 5.48 Å². The molecule has 0 aliphatic carbocycles. The van der Waals surface area contributed by atoms with Crippen molar-refractivity contribution in [2.45, 2.75) is 0 Å². The number of rotatable bonds is 0. The van der Waals surface area contributed by atoms with E-state index in [4.69, 9.17) is 0 Å². The lowest BCUT2D eigenvalue weighted by Gasteiger charge is -0.412. The minimum atomic E-state index is 0. The molecule has 0 spiro atoms. The summed E-state index contributed by atoms with van der Waals surface area (Å²) in [4.78, 5) is 0. The van der Waals surface area contributed by atoms with E-state index in [1.807, 2.05) is 0 Å². The summed E-state index contributed by atoms with van der Waals surface area (Å²) < 4.78 is 0. The Bertz CT molecular complexity index is 11.7. The second-order valence-electron chi connectivity index (χ2n) is 0. The van der Waals surface area contributed by atoms with Gasteiger partial charge in [-0.3, -0.25) is 0 Å². The van der Waals surface area contributed by atoms with Crippen molar-refractivity contribution in [3.8, 4) is 0 Å². The molecular weight excluding hydrogens is 213 g/mol. The minimum absolute atomic E-state index is 0. The Morgan fingerprint density at radius 1 is 0.571 bits per heavy atom. The van der Waals surface area contributed by atoms with Crippen LogP contribution in [0.25, 0.3) is 0 Å². The molecule has 54 valence electrons. The fourth-order valence-corrected chi connectivity index (χ4v) is 0. The van der Waals surface area contributed by atoms with Crippen LogP contribution in [-0.2, 0) is 0 Å². The van der Waals surface area contributed by atoms with Gasteiger partial charge < -0.3 is 5.48 Å². The van der Waals surface area contributed by atoms with Gasteiger partial charge in [-0.1, -0.05) is 0 Å². The maximum atomic E-state index is 0. The Labute approximate surface area is 83.1 Å². The monoisotopic (exact) mass is 224 g/mol. The molecular formula is H13AlCl4OSi. The predicted octanol–water partition coefficient (Wildman–Crippen LogP) is -1.77. The highest BCUT2D eigenvalue weighted by atomic mass is 35.5. The molecule has 0 fully saturated rings. The van der Waals surface area contributed by atoms with E-state index in [1.165, 1.54) is 0 Å². The van der Waals surface area contributed by atoms with Gasteiger partial charge in [-0.25, -0.2) is 0 Å². The van der Waals surface area contributed by atoms with Crippen molar-refractivity contribution >= 4 is 78.0 Å². The highest BCUT2D eigenvalue weighted by molar-refractivity contribution is 5.86. The van der Waals surface area contributed by atoms with Crippen LogP contribution in [-0.4, -0.2) is 33.8 Å². The van der Waals surface area contributed by atoms with Gasteiger partial charge in [-0.05, 0) is 11.0 Å². The van der Waals surface area contributed by atoms with Crippen LogP contribution in [0.15, 0.2) is 0 Å². The number of hydrogen-bond acceptors (Lipinski definition) is 0. The van der Waals surface area contributed by atoms with Crippen LogP contribution in [0.1, 0.15) is 0 Å². The fourth-order valence-electron chi connectivity index (χ4n) is 0. The van der Waals surface area contributed by atoms with Crippen LogP contribution in [0.4, 0.5) is 0 Å². The average molecular weight is 226 g/mol. The van der Waals surface area contributed by atoms with E-state index in [9.17, 15) is 0 Å². The van der Waals surface area contributed by atoms with Crippen LogP contribution in [0.2, 0.25) is 0 Å². The van der Waals surface area contributed by atoms with E-state index in [-0.39, 0.29) is 83.4 Å². The van der Waals surface area contributed by atoms with Gasteiger partial charge in [0.1, 0.15) is 0 Å². The quantitative estimate of drug-likeness (QED) is 0.438. The van der Waals surface area contributed by atoms with Crippen LogP contribution in [0.5, 0.6) is 0 Å². The molecule has 0 unspecified atom stereocenters. The van der Waals surface area contributed by atoms with Crippen LogP contribution in [0.3, 0.4) is 0 Å². The predicted molar refractivity (Wildman–Crippen MR) is 53.9 cm³/mol. The summed E-state index contributed by atoms with van der Waals surface area (Å²) in [5.74, 6) is 0. The molecule has 0 aliphatic rings. The van der Waals surface area contributed by atoms with Crippen molar-refractivity contribution in [1.82, 2.24) is 0 Å². The van der Waals surface area contributed by atoms with Crippen LogP contribution >= 0.6 is 49.6 Å². The first-order valence-corrected chi connectivity index (χ1v) is 0. The molecule has 0 atom stereocenters. The zero-order valence-corrected chi connectivity index (χ0v) is 5.40. The molecule has 2 N–H and O–H groups in total. The maximum Gasteiger partial charge on any atom is 0.187 e. The van der Waals surface area contributed by atoms with Crippen molar-refractivity contribution in [3.05, 3.63) is 0 Å². The summed E-state index contributed by atoms with van der Waals surface area (Å²) in [6, 6.07) is 0. The molecule has 7 heteroatoms. The largest absolute Gasteiger partial charge is 0.412 e. The second-order valence-corrected chi connectivity index (χ2v) is 0. The van der Waals surface area contributed by atoms with Gasteiger partial charge in [-0.15, -0.1) is 49.6 Å². The third kappa shape index (κ3) is 77.6. The van der Waals surface area contributed by atoms with Crippen molar-refractivity contribution in [2.24, 2.45) is 0 Å². The summed E-state index contributed by atoms with van der Waals surface area (Å²) >= 11 is 0. The third-order valence-corrected chi connectivity index (χ3v) is 0. The summed E-state index contributed by atoms with van der Waals surface area (Å²) in [5.41, 5.74) is 0. The molecule has 0 amide bonds. The molecule has 0 radical (unpaired) electrons. The van der Waals surface area contributed by atoms with Crippen molar-refractivity contribution in [2.75, 3.05) is 0 Å². The van der Waals surface area contributed by atoms with Gasteiger partial charge in [-0.2, -0.15) is 0 Å². The summed E-state index contributed by atoms with van der Waals surface area (Å²) in [6.07, 6.45) is 0. The molecule has 0 aliphatic heterocycles. The molecule has 0 rings (SSSR count). The fraction of sp³-hybridized carbons (Fsp3) is 0. The van der Waals surface area contributed by atoms with Crippen molar-refractivity contribution in [1.29, 1.82) is 0 Å². The summed E-state index contributed by atoms with van der Waals surface area (Å²) in [7, 11) is 0. The molecule has 0 saturated heterocycles. The first-order chi connectivity index (χ1) is 0. The number of hydrogen-bond donors (Lipinski definition) is 0. The lowest BCUT2D eigenvalue weighted by molar-refractivity contribution is 0.824. The van der Waals surface area contributed by atoms with Gasteiger partial charge in [0.05, 0.1) is 0 Å². The molecule has 7 heavy (non-hydrogen) atoms. The first kappa shape index (κ1) is 157. The molecule has 0 heterocycles. The number of halogens is 4. The Balaban J connectivity index is 0. The Hall–Kier alpha value is 1.87. The van der Waals surface area contributed by atoms with Crippen LogP contribution < -0.4 is 0 Å². The van der Waals surface area contributed by atoms with E-state index >= 15 is 0 Å². The van der Waals surface area contributed by atoms with Gasteiger partial charge >= 0.3 is 0 Å². The summed E-state index contributed by atoms with van der Waals surface area (Å²) in [5, 5.41) is 0. The average Bonchev–Trinajstić information content (AvgIpc) is 0. The third-order valence-electron chi connectivity index (χ3n) is 0. The molecule has 0 aromatic heterocycles.